The van der Waals surface area contributed by atoms with Crippen molar-refractivity contribution in [3.05, 3.63) is 52.3 Å². The third-order valence-electron chi connectivity index (χ3n) is 3.20. The number of halogens is 1. The van der Waals surface area contributed by atoms with Gasteiger partial charge in [0.05, 0.1) is 26.0 Å². The maximum atomic E-state index is 5.38. The van der Waals surface area contributed by atoms with Gasteiger partial charge in [-0.15, -0.1) is 0 Å². The first-order chi connectivity index (χ1) is 10.2. The van der Waals surface area contributed by atoms with Gasteiger partial charge in [-0.05, 0) is 52.3 Å². The Morgan fingerprint density at radius 3 is 2.48 bits per heavy atom. The quantitative estimate of drug-likeness (QED) is 0.864. The van der Waals surface area contributed by atoms with E-state index in [9.17, 15) is 0 Å². The van der Waals surface area contributed by atoms with E-state index in [-0.39, 0.29) is 6.04 Å². The van der Waals surface area contributed by atoms with E-state index in [2.05, 4.69) is 33.2 Å². The molecule has 112 valence electrons. The molecule has 0 radical (unpaired) electrons. The molecule has 1 heterocycles. The number of hydrogen-bond acceptors (Lipinski definition) is 4. The number of rotatable bonds is 6. The average Bonchev–Trinajstić information content (AvgIpc) is 2.53. The van der Waals surface area contributed by atoms with Crippen LogP contribution in [0.1, 0.15) is 24.2 Å². The lowest BCUT2D eigenvalue weighted by Gasteiger charge is -2.19. The monoisotopic (exact) mass is 350 g/mol. The minimum absolute atomic E-state index is 0.0166. The molecule has 1 aromatic heterocycles. The number of nitrogens with one attached hydrogen (secondary N) is 1. The lowest BCUT2D eigenvalue weighted by atomic mass is 10.0. The summed E-state index contributed by atoms with van der Waals surface area (Å²) in [5.74, 6) is 1.44. The Bertz CT molecular complexity index is 587. The van der Waals surface area contributed by atoms with Crippen LogP contribution >= 0.6 is 15.9 Å². The summed E-state index contributed by atoms with van der Waals surface area (Å²) in [6.45, 7) is 2.92. The predicted octanol–water partition coefficient (Wildman–Crippen LogP) is 3.56. The van der Waals surface area contributed by atoms with Crippen LogP contribution in [0, 0.1) is 0 Å². The maximum absolute atomic E-state index is 5.38. The fourth-order valence-electron chi connectivity index (χ4n) is 2.19. The summed E-state index contributed by atoms with van der Waals surface area (Å²) in [4.78, 5) is 4.49. The van der Waals surface area contributed by atoms with Gasteiger partial charge in [0.1, 0.15) is 0 Å². The lowest BCUT2D eigenvalue weighted by molar-refractivity contribution is 0.354. The molecule has 0 saturated heterocycles. The Morgan fingerprint density at radius 2 is 1.90 bits per heavy atom. The fraction of sp³-hybridized carbons (Fsp3) is 0.312. The zero-order chi connectivity index (χ0) is 15.2. The Labute approximate surface area is 133 Å². The SMILES string of the molecule is CCNC(c1ccc(OC)c(OC)c1)c1ccc(Br)cn1. The number of nitrogens with zero attached hydrogens (tertiary/aromatic N) is 1. The van der Waals surface area contributed by atoms with Crippen molar-refractivity contribution in [1.82, 2.24) is 10.3 Å². The minimum Gasteiger partial charge on any atom is -0.493 e. The second-order valence-corrected chi connectivity index (χ2v) is 5.42. The Morgan fingerprint density at radius 1 is 1.14 bits per heavy atom. The molecule has 0 aliphatic rings. The molecule has 0 amide bonds. The molecular formula is C16H19BrN2O2. The zero-order valence-corrected chi connectivity index (χ0v) is 14.0. The molecule has 1 aromatic carbocycles. The van der Waals surface area contributed by atoms with E-state index in [1.165, 1.54) is 0 Å². The molecule has 21 heavy (non-hydrogen) atoms. The van der Waals surface area contributed by atoms with Crippen LogP contribution in [0.25, 0.3) is 0 Å². The number of aromatic nitrogens is 1. The van der Waals surface area contributed by atoms with Gasteiger partial charge in [-0.1, -0.05) is 13.0 Å². The molecule has 1 atom stereocenters. The van der Waals surface area contributed by atoms with E-state index in [0.717, 1.165) is 33.8 Å². The number of hydrogen-bond donors (Lipinski definition) is 1. The van der Waals surface area contributed by atoms with Crippen LogP contribution in [0.3, 0.4) is 0 Å². The summed E-state index contributed by atoms with van der Waals surface area (Å²) in [6, 6.07) is 9.94. The average molecular weight is 351 g/mol. The van der Waals surface area contributed by atoms with Crippen molar-refractivity contribution in [3.63, 3.8) is 0 Å². The molecule has 0 saturated carbocycles. The summed E-state index contributed by atoms with van der Waals surface area (Å²) < 4.78 is 11.6. The highest BCUT2D eigenvalue weighted by molar-refractivity contribution is 9.10. The molecule has 0 bridgehead atoms. The van der Waals surface area contributed by atoms with Crippen molar-refractivity contribution >= 4 is 15.9 Å². The summed E-state index contributed by atoms with van der Waals surface area (Å²) in [6.07, 6.45) is 1.81. The molecule has 2 aromatic rings. The van der Waals surface area contributed by atoms with Gasteiger partial charge in [0, 0.05) is 10.7 Å². The van der Waals surface area contributed by atoms with Crippen molar-refractivity contribution in [2.24, 2.45) is 0 Å². The molecule has 5 heteroatoms. The van der Waals surface area contributed by atoms with Crippen molar-refractivity contribution in [2.45, 2.75) is 13.0 Å². The van der Waals surface area contributed by atoms with Crippen molar-refractivity contribution in [1.29, 1.82) is 0 Å². The van der Waals surface area contributed by atoms with Gasteiger partial charge >= 0.3 is 0 Å². The highest BCUT2D eigenvalue weighted by Gasteiger charge is 2.16. The van der Waals surface area contributed by atoms with Crippen LogP contribution < -0.4 is 14.8 Å². The molecule has 1 N–H and O–H groups in total. The van der Waals surface area contributed by atoms with E-state index < -0.39 is 0 Å². The fourth-order valence-corrected chi connectivity index (χ4v) is 2.42. The van der Waals surface area contributed by atoms with Gasteiger partial charge in [0.25, 0.3) is 0 Å². The van der Waals surface area contributed by atoms with Crippen LogP contribution in [0.15, 0.2) is 41.0 Å². The van der Waals surface area contributed by atoms with Gasteiger partial charge in [-0.3, -0.25) is 4.98 Å². The Hall–Kier alpha value is -1.59. The number of benzene rings is 1. The lowest BCUT2D eigenvalue weighted by Crippen LogP contribution is -2.23. The molecule has 4 nitrogen and oxygen atoms in total. The van der Waals surface area contributed by atoms with E-state index in [1.54, 1.807) is 20.4 Å². The van der Waals surface area contributed by atoms with Crippen LogP contribution in [0.2, 0.25) is 0 Å². The molecule has 0 fully saturated rings. The van der Waals surface area contributed by atoms with E-state index in [0.29, 0.717) is 0 Å². The third-order valence-corrected chi connectivity index (χ3v) is 3.66. The number of methoxy groups -OCH3 is 2. The largest absolute Gasteiger partial charge is 0.493 e. The zero-order valence-electron chi connectivity index (χ0n) is 12.4. The summed E-state index contributed by atoms with van der Waals surface area (Å²) in [7, 11) is 3.28. The Balaban J connectivity index is 2.40. The van der Waals surface area contributed by atoms with Crippen molar-refractivity contribution in [3.8, 4) is 11.5 Å². The topological polar surface area (TPSA) is 43.4 Å². The normalized spacial score (nSPS) is 12.0. The summed E-state index contributed by atoms with van der Waals surface area (Å²) in [5.41, 5.74) is 2.05. The van der Waals surface area contributed by atoms with Crippen LogP contribution in [-0.2, 0) is 0 Å². The number of pyridine rings is 1. The first-order valence-corrected chi connectivity index (χ1v) is 7.55. The molecule has 0 aliphatic heterocycles. The molecule has 0 aliphatic carbocycles. The highest BCUT2D eigenvalue weighted by Crippen LogP contribution is 2.31. The van der Waals surface area contributed by atoms with Gasteiger partial charge < -0.3 is 14.8 Å². The maximum Gasteiger partial charge on any atom is 0.161 e. The van der Waals surface area contributed by atoms with Crippen molar-refractivity contribution in [2.75, 3.05) is 20.8 Å². The minimum atomic E-state index is 0.0166. The van der Waals surface area contributed by atoms with Gasteiger partial charge in [-0.25, -0.2) is 0 Å². The summed E-state index contributed by atoms with van der Waals surface area (Å²) >= 11 is 3.41. The Kier molecular flexibility index (Phi) is 5.59. The molecular weight excluding hydrogens is 332 g/mol. The second-order valence-electron chi connectivity index (χ2n) is 4.51. The predicted molar refractivity (Wildman–Crippen MR) is 87.0 cm³/mol. The smallest absolute Gasteiger partial charge is 0.161 e. The highest BCUT2D eigenvalue weighted by atomic mass is 79.9. The van der Waals surface area contributed by atoms with Gasteiger partial charge in [-0.2, -0.15) is 0 Å². The van der Waals surface area contributed by atoms with Crippen molar-refractivity contribution < 1.29 is 9.47 Å². The molecule has 2 rings (SSSR count). The van der Waals surface area contributed by atoms with E-state index in [1.807, 2.05) is 30.3 Å². The standard InChI is InChI=1S/C16H19BrN2O2/c1-4-18-16(13-7-6-12(17)10-19-13)11-5-8-14(20-2)15(9-11)21-3/h5-10,16,18H,4H2,1-3H3. The van der Waals surface area contributed by atoms with E-state index in [4.69, 9.17) is 9.47 Å². The molecule has 1 unspecified atom stereocenters. The van der Waals surface area contributed by atoms with Crippen LogP contribution in [0.5, 0.6) is 11.5 Å². The van der Waals surface area contributed by atoms with Crippen LogP contribution in [-0.4, -0.2) is 25.7 Å². The third kappa shape index (κ3) is 3.74. The van der Waals surface area contributed by atoms with Gasteiger partial charge in [0.2, 0.25) is 0 Å². The second kappa shape index (κ2) is 7.43. The first-order valence-electron chi connectivity index (χ1n) is 6.76. The summed E-state index contributed by atoms with van der Waals surface area (Å²) in [5, 5.41) is 3.45. The molecule has 0 spiro atoms. The number of ether oxygens (including phenoxy) is 2. The van der Waals surface area contributed by atoms with Gasteiger partial charge in [0.15, 0.2) is 11.5 Å². The first kappa shape index (κ1) is 15.8. The van der Waals surface area contributed by atoms with Crippen LogP contribution in [0.4, 0.5) is 0 Å². The van der Waals surface area contributed by atoms with E-state index >= 15 is 0 Å².